The van der Waals surface area contributed by atoms with Crippen LogP contribution in [0.25, 0.3) is 11.3 Å². The number of halogens is 1. The van der Waals surface area contributed by atoms with E-state index < -0.39 is 5.97 Å². The first-order valence-electron chi connectivity index (χ1n) is 7.82. The van der Waals surface area contributed by atoms with Crippen LogP contribution >= 0.6 is 11.6 Å². The van der Waals surface area contributed by atoms with Gasteiger partial charge in [-0.05, 0) is 43.9 Å². The van der Waals surface area contributed by atoms with Gasteiger partial charge in [0, 0.05) is 7.05 Å². The molecule has 0 unspecified atom stereocenters. The summed E-state index contributed by atoms with van der Waals surface area (Å²) in [6.07, 6.45) is 4.36. The average molecular weight is 351 g/mol. The second-order valence-corrected chi connectivity index (χ2v) is 6.23. The summed E-state index contributed by atoms with van der Waals surface area (Å²) in [5.74, 6) is 0.0188. The third-order valence-corrected chi connectivity index (χ3v) is 4.55. The van der Waals surface area contributed by atoms with Crippen LogP contribution in [0, 0.1) is 0 Å². The SMILES string of the molecule is COc1ccc(Cl)c(-c2cc(C(=O)O)nn2C)c1OC1CCCC1. The minimum Gasteiger partial charge on any atom is -0.493 e. The number of aryl methyl sites for hydroxylation is 1. The standard InChI is InChI=1S/C17H19ClN2O4/c1-20-13(9-12(19-20)17(21)22)15-11(18)7-8-14(23-2)16(15)24-10-5-3-4-6-10/h7-10H,3-6H2,1-2H3,(H,21,22). The van der Waals surface area contributed by atoms with Crippen LogP contribution in [0.2, 0.25) is 5.02 Å². The van der Waals surface area contributed by atoms with Crippen LogP contribution in [0.15, 0.2) is 18.2 Å². The van der Waals surface area contributed by atoms with Crippen molar-refractivity contribution < 1.29 is 19.4 Å². The first-order chi connectivity index (χ1) is 11.5. The van der Waals surface area contributed by atoms with Crippen molar-refractivity contribution in [3.63, 3.8) is 0 Å². The van der Waals surface area contributed by atoms with Crippen molar-refractivity contribution in [2.75, 3.05) is 7.11 Å². The number of carbonyl (C=O) groups is 1. The number of aromatic carboxylic acids is 1. The molecule has 1 heterocycles. The summed E-state index contributed by atoms with van der Waals surface area (Å²) in [7, 11) is 3.25. The highest BCUT2D eigenvalue weighted by Crippen LogP contribution is 2.44. The maximum absolute atomic E-state index is 11.2. The number of benzene rings is 1. The van der Waals surface area contributed by atoms with Crippen LogP contribution in [0.3, 0.4) is 0 Å². The second-order valence-electron chi connectivity index (χ2n) is 5.82. The largest absolute Gasteiger partial charge is 0.493 e. The number of carboxylic acids is 1. The van der Waals surface area contributed by atoms with E-state index in [1.165, 1.54) is 10.7 Å². The Balaban J connectivity index is 2.13. The lowest BCUT2D eigenvalue weighted by molar-refractivity contribution is 0.0689. The number of nitrogens with zero attached hydrogens (tertiary/aromatic N) is 2. The van der Waals surface area contributed by atoms with Crippen molar-refractivity contribution in [2.45, 2.75) is 31.8 Å². The van der Waals surface area contributed by atoms with Crippen LogP contribution in [0.5, 0.6) is 11.5 Å². The first-order valence-corrected chi connectivity index (χ1v) is 8.20. The van der Waals surface area contributed by atoms with E-state index in [4.69, 9.17) is 21.1 Å². The molecule has 1 aliphatic rings. The van der Waals surface area contributed by atoms with Crippen LogP contribution in [0.1, 0.15) is 36.2 Å². The zero-order chi connectivity index (χ0) is 17.3. The molecule has 3 rings (SSSR count). The van der Waals surface area contributed by atoms with Gasteiger partial charge in [0.1, 0.15) is 0 Å². The Labute approximate surface area is 144 Å². The van der Waals surface area contributed by atoms with Crippen LogP contribution in [0.4, 0.5) is 0 Å². The van der Waals surface area contributed by atoms with Crippen molar-refractivity contribution in [1.82, 2.24) is 9.78 Å². The smallest absolute Gasteiger partial charge is 0.356 e. The van der Waals surface area contributed by atoms with Gasteiger partial charge in [-0.3, -0.25) is 4.68 Å². The maximum Gasteiger partial charge on any atom is 0.356 e. The van der Waals surface area contributed by atoms with Crippen LogP contribution in [-0.2, 0) is 7.05 Å². The Bertz CT molecular complexity index is 766. The summed E-state index contributed by atoms with van der Waals surface area (Å²) in [5, 5.41) is 13.7. The Morgan fingerprint density at radius 1 is 1.38 bits per heavy atom. The van der Waals surface area contributed by atoms with Crippen molar-refractivity contribution in [3.05, 3.63) is 28.9 Å². The molecule has 2 aromatic rings. The lowest BCUT2D eigenvalue weighted by Gasteiger charge is -2.20. The van der Waals surface area contributed by atoms with Crippen LogP contribution in [-0.4, -0.2) is 34.1 Å². The van der Waals surface area contributed by atoms with Gasteiger partial charge in [0.2, 0.25) is 0 Å². The fourth-order valence-corrected chi connectivity index (χ4v) is 3.28. The molecule has 0 amide bonds. The second kappa shape index (κ2) is 6.73. The van der Waals surface area contributed by atoms with Crippen molar-refractivity contribution >= 4 is 17.6 Å². The number of carboxylic acid groups (broad SMARTS) is 1. The number of methoxy groups -OCH3 is 1. The van der Waals surface area contributed by atoms with Gasteiger partial charge in [0.15, 0.2) is 17.2 Å². The molecule has 0 bridgehead atoms. The van der Waals surface area contributed by atoms with E-state index in [1.54, 1.807) is 26.3 Å². The molecule has 0 aliphatic heterocycles. The van der Waals surface area contributed by atoms with Crippen LogP contribution < -0.4 is 9.47 Å². The minimum atomic E-state index is -1.09. The highest BCUT2D eigenvalue weighted by Gasteiger charge is 2.25. The molecule has 24 heavy (non-hydrogen) atoms. The number of ether oxygens (including phenoxy) is 2. The molecule has 1 aromatic heterocycles. The molecule has 6 nitrogen and oxygen atoms in total. The first kappa shape index (κ1) is 16.6. The third kappa shape index (κ3) is 3.06. The lowest BCUT2D eigenvalue weighted by Crippen LogP contribution is -2.13. The quantitative estimate of drug-likeness (QED) is 0.888. The van der Waals surface area contributed by atoms with Crippen molar-refractivity contribution in [1.29, 1.82) is 0 Å². The number of aromatic nitrogens is 2. The monoisotopic (exact) mass is 350 g/mol. The zero-order valence-corrected chi connectivity index (χ0v) is 14.3. The Morgan fingerprint density at radius 2 is 2.08 bits per heavy atom. The number of hydrogen-bond donors (Lipinski definition) is 1. The normalized spacial score (nSPS) is 14.8. The van der Waals surface area contributed by atoms with Crippen molar-refractivity contribution in [3.8, 4) is 22.8 Å². The Kier molecular flexibility index (Phi) is 4.66. The molecule has 7 heteroatoms. The fourth-order valence-electron chi connectivity index (χ4n) is 3.03. The summed E-state index contributed by atoms with van der Waals surface area (Å²) in [6, 6.07) is 4.96. The molecule has 0 spiro atoms. The van der Waals surface area contributed by atoms with E-state index in [0.29, 0.717) is 27.8 Å². The fraction of sp³-hybridized carbons (Fsp3) is 0.412. The molecular weight excluding hydrogens is 332 g/mol. The zero-order valence-electron chi connectivity index (χ0n) is 13.6. The predicted molar refractivity (Wildman–Crippen MR) is 90.0 cm³/mol. The van der Waals surface area contributed by atoms with Gasteiger partial charge < -0.3 is 14.6 Å². The van der Waals surface area contributed by atoms with Gasteiger partial charge in [0.05, 0.1) is 29.5 Å². The highest BCUT2D eigenvalue weighted by molar-refractivity contribution is 6.33. The van der Waals surface area contributed by atoms with E-state index in [0.717, 1.165) is 25.7 Å². The molecular formula is C17H19ClN2O4. The summed E-state index contributed by atoms with van der Waals surface area (Å²) < 4.78 is 13.1. The number of rotatable bonds is 5. The average Bonchev–Trinajstić information content (AvgIpc) is 3.18. The summed E-state index contributed by atoms with van der Waals surface area (Å²) in [6.45, 7) is 0. The van der Waals surface area contributed by atoms with E-state index in [9.17, 15) is 9.90 Å². The molecule has 0 atom stereocenters. The van der Waals surface area contributed by atoms with Crippen molar-refractivity contribution in [2.24, 2.45) is 7.05 Å². The molecule has 0 saturated heterocycles. The molecule has 0 radical (unpaired) electrons. The van der Waals surface area contributed by atoms with Gasteiger partial charge in [0.25, 0.3) is 0 Å². The number of hydrogen-bond acceptors (Lipinski definition) is 4. The maximum atomic E-state index is 11.2. The van der Waals surface area contributed by atoms with E-state index in [-0.39, 0.29) is 11.8 Å². The molecule has 128 valence electrons. The van der Waals surface area contributed by atoms with E-state index in [1.807, 2.05) is 0 Å². The molecule has 1 fully saturated rings. The Hall–Kier alpha value is -2.21. The molecule has 1 aromatic carbocycles. The van der Waals surface area contributed by atoms with Gasteiger partial charge in [-0.1, -0.05) is 11.6 Å². The minimum absolute atomic E-state index is 0.0433. The summed E-state index contributed by atoms with van der Waals surface area (Å²) in [5.41, 5.74) is 1.13. The Morgan fingerprint density at radius 3 is 2.67 bits per heavy atom. The van der Waals surface area contributed by atoms with E-state index in [2.05, 4.69) is 5.10 Å². The third-order valence-electron chi connectivity index (χ3n) is 4.23. The topological polar surface area (TPSA) is 73.6 Å². The predicted octanol–water partition coefficient (Wildman–Crippen LogP) is 3.77. The van der Waals surface area contributed by atoms with Gasteiger partial charge in [-0.2, -0.15) is 5.10 Å². The molecule has 1 aliphatic carbocycles. The lowest BCUT2D eigenvalue weighted by atomic mass is 10.1. The molecule has 1 saturated carbocycles. The van der Waals surface area contributed by atoms with Gasteiger partial charge in [-0.15, -0.1) is 0 Å². The summed E-state index contributed by atoms with van der Waals surface area (Å²) in [4.78, 5) is 11.2. The highest BCUT2D eigenvalue weighted by atomic mass is 35.5. The van der Waals surface area contributed by atoms with E-state index >= 15 is 0 Å². The van der Waals surface area contributed by atoms with Gasteiger partial charge in [-0.25, -0.2) is 4.79 Å². The van der Waals surface area contributed by atoms with Gasteiger partial charge >= 0.3 is 5.97 Å². The summed E-state index contributed by atoms with van der Waals surface area (Å²) >= 11 is 6.42. The molecule has 1 N–H and O–H groups in total.